The lowest BCUT2D eigenvalue weighted by molar-refractivity contribution is -0.139. The molecule has 0 aliphatic carbocycles. The van der Waals surface area contributed by atoms with E-state index in [9.17, 15) is 9.59 Å². The van der Waals surface area contributed by atoms with Gasteiger partial charge in [0.1, 0.15) is 0 Å². The first-order valence-electron chi connectivity index (χ1n) is 7.86. The first kappa shape index (κ1) is 20.1. The highest BCUT2D eigenvalue weighted by molar-refractivity contribution is 6.37. The Labute approximate surface area is 162 Å². The molecule has 0 bridgehead atoms. The number of amides is 1. The summed E-state index contributed by atoms with van der Waals surface area (Å²) < 4.78 is 10.3. The maximum Gasteiger partial charge on any atom is 0.339 e. The average Bonchev–Trinajstić information content (AvgIpc) is 2.61. The third kappa shape index (κ3) is 4.90. The quantitative estimate of drug-likeness (QED) is 0.687. The molecule has 0 spiro atoms. The van der Waals surface area contributed by atoms with E-state index < -0.39 is 12.1 Å². The van der Waals surface area contributed by atoms with Gasteiger partial charge in [0.05, 0.1) is 22.7 Å². The molecule has 0 aromatic heterocycles. The minimum absolute atomic E-state index is 0.145. The molecule has 2 rings (SSSR count). The van der Waals surface area contributed by atoms with Crippen LogP contribution in [0.4, 0.5) is 0 Å². The molecule has 0 radical (unpaired) electrons. The largest absolute Gasteiger partial charge is 0.494 e. The number of hydrogen-bond acceptors (Lipinski definition) is 4. The highest BCUT2D eigenvalue weighted by Gasteiger charge is 2.23. The van der Waals surface area contributed by atoms with Crippen molar-refractivity contribution in [1.29, 1.82) is 0 Å². The number of hydrogen-bond donors (Lipinski definition) is 0. The highest BCUT2D eigenvalue weighted by atomic mass is 35.5. The van der Waals surface area contributed by atoms with E-state index in [1.54, 1.807) is 7.05 Å². The van der Waals surface area contributed by atoms with E-state index in [1.807, 2.05) is 30.3 Å². The van der Waals surface area contributed by atoms with Gasteiger partial charge in [0.25, 0.3) is 5.91 Å². The Morgan fingerprint density at radius 3 is 2.23 bits per heavy atom. The van der Waals surface area contributed by atoms with Gasteiger partial charge in [0, 0.05) is 13.6 Å². The summed E-state index contributed by atoms with van der Waals surface area (Å²) in [6, 6.07) is 12.3. The Kier molecular flexibility index (Phi) is 6.89. The lowest BCUT2D eigenvalue weighted by Crippen LogP contribution is -2.37. The third-order valence-corrected chi connectivity index (χ3v) is 4.27. The van der Waals surface area contributed by atoms with Crippen LogP contribution in [-0.2, 0) is 16.1 Å². The Hall–Kier alpha value is -2.24. The molecule has 1 amide bonds. The topological polar surface area (TPSA) is 55.8 Å². The summed E-state index contributed by atoms with van der Waals surface area (Å²) in [5.74, 6) is -0.727. The van der Waals surface area contributed by atoms with Gasteiger partial charge in [-0.15, -0.1) is 0 Å². The maximum absolute atomic E-state index is 12.4. The number of methoxy groups -OCH3 is 1. The molecule has 138 valence electrons. The van der Waals surface area contributed by atoms with Crippen molar-refractivity contribution in [2.45, 2.75) is 19.6 Å². The fraction of sp³-hybridized carbons (Fsp3) is 0.263. The van der Waals surface area contributed by atoms with E-state index in [-0.39, 0.29) is 27.3 Å². The SMILES string of the molecule is COc1c(Cl)cc(C(=O)O[C@H](C)C(=O)N(C)Cc2ccccc2)cc1Cl. The van der Waals surface area contributed by atoms with Gasteiger partial charge in [-0.3, -0.25) is 4.79 Å². The smallest absolute Gasteiger partial charge is 0.339 e. The summed E-state index contributed by atoms with van der Waals surface area (Å²) in [6.45, 7) is 1.94. The van der Waals surface area contributed by atoms with Crippen molar-refractivity contribution >= 4 is 35.1 Å². The van der Waals surface area contributed by atoms with Crippen LogP contribution < -0.4 is 4.74 Å². The van der Waals surface area contributed by atoms with Crippen LogP contribution >= 0.6 is 23.2 Å². The van der Waals surface area contributed by atoms with Crippen molar-refractivity contribution in [3.8, 4) is 5.75 Å². The Morgan fingerprint density at radius 1 is 1.12 bits per heavy atom. The Morgan fingerprint density at radius 2 is 1.69 bits per heavy atom. The standard InChI is InChI=1S/C19H19Cl2NO4/c1-12(18(23)22(2)11-13-7-5-4-6-8-13)26-19(24)14-9-15(20)17(25-3)16(21)10-14/h4-10,12H,11H2,1-3H3/t12-/m1/s1. The molecule has 0 unspecified atom stereocenters. The normalized spacial score (nSPS) is 11.6. The van der Waals surface area contributed by atoms with Crippen molar-refractivity contribution in [3.05, 3.63) is 63.6 Å². The van der Waals surface area contributed by atoms with E-state index >= 15 is 0 Å². The van der Waals surface area contributed by atoms with E-state index in [4.69, 9.17) is 32.7 Å². The van der Waals surface area contributed by atoms with Crippen molar-refractivity contribution in [1.82, 2.24) is 4.90 Å². The molecule has 2 aromatic rings. The van der Waals surface area contributed by atoms with Crippen molar-refractivity contribution in [3.63, 3.8) is 0 Å². The van der Waals surface area contributed by atoms with Gasteiger partial charge in [-0.2, -0.15) is 0 Å². The van der Waals surface area contributed by atoms with E-state index in [0.717, 1.165) is 5.56 Å². The lowest BCUT2D eigenvalue weighted by Gasteiger charge is -2.21. The molecule has 2 aromatic carbocycles. The molecule has 5 nitrogen and oxygen atoms in total. The molecule has 0 fully saturated rings. The zero-order valence-corrected chi connectivity index (χ0v) is 16.2. The minimum atomic E-state index is -0.948. The fourth-order valence-electron chi connectivity index (χ4n) is 2.40. The maximum atomic E-state index is 12.4. The first-order valence-corrected chi connectivity index (χ1v) is 8.62. The van der Waals surface area contributed by atoms with Gasteiger partial charge >= 0.3 is 5.97 Å². The van der Waals surface area contributed by atoms with Crippen LogP contribution in [0.1, 0.15) is 22.8 Å². The molecular weight excluding hydrogens is 377 g/mol. The minimum Gasteiger partial charge on any atom is -0.494 e. The van der Waals surface area contributed by atoms with Gasteiger partial charge < -0.3 is 14.4 Å². The average molecular weight is 396 g/mol. The molecule has 0 N–H and O–H groups in total. The highest BCUT2D eigenvalue weighted by Crippen LogP contribution is 2.34. The van der Waals surface area contributed by atoms with Crippen LogP contribution in [0.3, 0.4) is 0 Å². The van der Waals surface area contributed by atoms with Crippen LogP contribution in [0.15, 0.2) is 42.5 Å². The molecule has 0 aliphatic rings. The third-order valence-electron chi connectivity index (χ3n) is 3.71. The van der Waals surface area contributed by atoms with Gasteiger partial charge in [0.15, 0.2) is 11.9 Å². The molecule has 0 heterocycles. The number of esters is 1. The monoisotopic (exact) mass is 395 g/mol. The summed E-state index contributed by atoms with van der Waals surface area (Å²) in [5, 5.41) is 0.374. The number of carbonyl (C=O) groups is 2. The summed E-state index contributed by atoms with van der Waals surface area (Å²) in [7, 11) is 3.08. The lowest BCUT2D eigenvalue weighted by atomic mass is 10.2. The number of halogens is 2. The predicted molar refractivity (Wildman–Crippen MR) is 101 cm³/mol. The predicted octanol–water partition coefficient (Wildman–Crippen LogP) is 4.21. The molecular formula is C19H19Cl2NO4. The number of nitrogens with zero attached hydrogens (tertiary/aromatic N) is 1. The van der Waals surface area contributed by atoms with Crippen molar-refractivity contribution < 1.29 is 19.1 Å². The Balaban J connectivity index is 2.03. The number of likely N-dealkylation sites (N-methyl/N-ethyl adjacent to an activating group) is 1. The summed E-state index contributed by atoms with van der Waals surface area (Å²) in [4.78, 5) is 26.2. The second-order valence-corrected chi connectivity index (χ2v) is 6.51. The number of carbonyl (C=O) groups excluding carboxylic acids is 2. The molecule has 0 saturated carbocycles. The van der Waals surface area contributed by atoms with Gasteiger partial charge in [-0.1, -0.05) is 53.5 Å². The van der Waals surface area contributed by atoms with Crippen LogP contribution in [0, 0.1) is 0 Å². The zero-order valence-electron chi connectivity index (χ0n) is 14.7. The number of benzene rings is 2. The summed E-state index contributed by atoms with van der Waals surface area (Å²) >= 11 is 12.1. The van der Waals surface area contributed by atoms with Gasteiger partial charge in [0.2, 0.25) is 0 Å². The van der Waals surface area contributed by atoms with Gasteiger partial charge in [-0.25, -0.2) is 4.79 Å². The van der Waals surface area contributed by atoms with Crippen molar-refractivity contribution in [2.24, 2.45) is 0 Å². The summed E-state index contributed by atoms with van der Waals surface area (Å²) in [6.07, 6.45) is -0.948. The fourth-order valence-corrected chi connectivity index (χ4v) is 3.04. The zero-order chi connectivity index (χ0) is 19.3. The second-order valence-electron chi connectivity index (χ2n) is 5.70. The number of ether oxygens (including phenoxy) is 2. The molecule has 0 aliphatic heterocycles. The molecule has 0 saturated heterocycles. The molecule has 1 atom stereocenters. The van der Waals surface area contributed by atoms with E-state index in [1.165, 1.54) is 31.1 Å². The van der Waals surface area contributed by atoms with Crippen LogP contribution in [-0.4, -0.2) is 37.0 Å². The molecule has 26 heavy (non-hydrogen) atoms. The first-order chi connectivity index (χ1) is 12.3. The Bertz CT molecular complexity index is 772. The van der Waals surface area contributed by atoms with Crippen LogP contribution in [0.2, 0.25) is 10.0 Å². The number of rotatable bonds is 6. The van der Waals surface area contributed by atoms with Crippen molar-refractivity contribution in [2.75, 3.05) is 14.2 Å². The molecule has 7 heteroatoms. The second kappa shape index (κ2) is 8.92. The van der Waals surface area contributed by atoms with Gasteiger partial charge in [-0.05, 0) is 24.6 Å². The van der Waals surface area contributed by atoms with E-state index in [0.29, 0.717) is 6.54 Å². The summed E-state index contributed by atoms with van der Waals surface area (Å²) in [5.41, 5.74) is 1.13. The van der Waals surface area contributed by atoms with E-state index in [2.05, 4.69) is 0 Å². The van der Waals surface area contributed by atoms with Crippen LogP contribution in [0.25, 0.3) is 0 Å². The van der Waals surface area contributed by atoms with Crippen LogP contribution in [0.5, 0.6) is 5.75 Å².